The molecule has 0 radical (unpaired) electrons. The molecule has 0 aliphatic carbocycles. The molecule has 0 saturated carbocycles. The van der Waals surface area contributed by atoms with E-state index in [1.807, 2.05) is 6.07 Å². The summed E-state index contributed by atoms with van der Waals surface area (Å²) in [7, 11) is 0. The lowest BCUT2D eigenvalue weighted by molar-refractivity contribution is -0.136. The minimum Gasteiger partial charge on any atom is -0.490 e. The van der Waals surface area contributed by atoms with Gasteiger partial charge < -0.3 is 14.8 Å². The summed E-state index contributed by atoms with van der Waals surface area (Å²) in [5.74, 6) is 0.435. The van der Waals surface area contributed by atoms with E-state index in [2.05, 4.69) is 9.83 Å². The Morgan fingerprint density at radius 3 is 2.46 bits per heavy atom. The van der Waals surface area contributed by atoms with Crippen molar-refractivity contribution in [2.45, 2.75) is 18.7 Å². The Morgan fingerprint density at radius 1 is 1.21 bits per heavy atom. The maximum Gasteiger partial charge on any atom is 0.407 e. The summed E-state index contributed by atoms with van der Waals surface area (Å²) in [6.07, 6.45) is -4.65. The molecule has 0 fully saturated rings. The number of halogens is 3. The van der Waals surface area contributed by atoms with Gasteiger partial charge >= 0.3 is 6.18 Å². The van der Waals surface area contributed by atoms with Crippen molar-refractivity contribution in [3.05, 3.63) is 70.7 Å². The molecular formula is C20H14F3N3O2. The number of nitrogens with one attached hydrogen (secondary N) is 1. The van der Waals surface area contributed by atoms with Crippen LogP contribution in [0.25, 0.3) is 15.7 Å². The van der Waals surface area contributed by atoms with E-state index in [4.69, 9.17) is 16.6 Å². The van der Waals surface area contributed by atoms with Gasteiger partial charge in [-0.05, 0) is 54.8 Å². The third-order valence-electron chi connectivity index (χ3n) is 4.25. The second kappa shape index (κ2) is 6.91. The maximum atomic E-state index is 13.1. The van der Waals surface area contributed by atoms with Gasteiger partial charge in [0, 0.05) is 5.52 Å². The fraction of sp³-hybridized carbons (Fsp3) is 0.200. The zero-order chi connectivity index (χ0) is 20.5. The van der Waals surface area contributed by atoms with Gasteiger partial charge in [-0.1, -0.05) is 0 Å². The number of H-pyrrole nitrogens is 1. The zero-order valence-electron chi connectivity index (χ0n) is 14.6. The average Bonchev–Trinajstić information content (AvgIpc) is 3.09. The Morgan fingerprint density at radius 2 is 1.89 bits per heavy atom. The van der Waals surface area contributed by atoms with E-state index in [9.17, 15) is 18.3 Å². The maximum absolute atomic E-state index is 13.1. The standard InChI is InChI=1S/C20H14F3N3O2/c1-19(27,11-28-14-5-3-12(10-24)4-6-14)18-8-13-7-17(25-2)15(20(21,22)23)9-16(13)26-18/h3-9,26-27H,11H2,1H3. The van der Waals surface area contributed by atoms with Gasteiger partial charge in [0.05, 0.1) is 29.5 Å². The van der Waals surface area contributed by atoms with Crippen molar-refractivity contribution in [1.82, 2.24) is 4.98 Å². The quantitative estimate of drug-likeness (QED) is 0.628. The Labute approximate surface area is 158 Å². The lowest BCUT2D eigenvalue weighted by Crippen LogP contribution is -2.29. The van der Waals surface area contributed by atoms with E-state index < -0.39 is 23.0 Å². The summed E-state index contributed by atoms with van der Waals surface area (Å²) in [5.41, 5.74) is -2.18. The van der Waals surface area contributed by atoms with Crippen LogP contribution in [0.15, 0.2) is 42.5 Å². The highest BCUT2D eigenvalue weighted by Gasteiger charge is 2.34. The summed E-state index contributed by atoms with van der Waals surface area (Å²) in [4.78, 5) is 5.73. The highest BCUT2D eigenvalue weighted by molar-refractivity contribution is 5.86. The summed E-state index contributed by atoms with van der Waals surface area (Å²) in [6, 6.07) is 11.8. The number of alkyl halides is 3. The van der Waals surface area contributed by atoms with Crippen LogP contribution in [0.5, 0.6) is 5.75 Å². The van der Waals surface area contributed by atoms with Crippen molar-refractivity contribution in [2.24, 2.45) is 0 Å². The monoisotopic (exact) mass is 385 g/mol. The average molecular weight is 385 g/mol. The van der Waals surface area contributed by atoms with Gasteiger partial charge in [-0.3, -0.25) is 0 Å². The van der Waals surface area contributed by atoms with E-state index in [1.54, 1.807) is 24.3 Å². The number of aromatic nitrogens is 1. The molecule has 28 heavy (non-hydrogen) atoms. The molecule has 0 aliphatic rings. The molecule has 8 heteroatoms. The van der Waals surface area contributed by atoms with Gasteiger partial charge in [0.25, 0.3) is 0 Å². The predicted octanol–water partition coefficient (Wildman–Crippen LogP) is 4.90. The van der Waals surface area contributed by atoms with Gasteiger partial charge in [0.1, 0.15) is 18.0 Å². The van der Waals surface area contributed by atoms with E-state index in [-0.39, 0.29) is 17.8 Å². The smallest absolute Gasteiger partial charge is 0.407 e. The minimum absolute atomic E-state index is 0.161. The van der Waals surface area contributed by atoms with E-state index in [0.717, 1.165) is 12.1 Å². The van der Waals surface area contributed by atoms with Crippen LogP contribution in [0.4, 0.5) is 18.9 Å². The lowest BCUT2D eigenvalue weighted by atomic mass is 10.0. The van der Waals surface area contributed by atoms with Crippen LogP contribution in [0.1, 0.15) is 23.7 Å². The molecular weight excluding hydrogens is 371 g/mol. The van der Waals surface area contributed by atoms with Crippen molar-refractivity contribution in [3.63, 3.8) is 0 Å². The molecule has 3 rings (SSSR count). The fourth-order valence-electron chi connectivity index (χ4n) is 2.71. The molecule has 1 heterocycles. The highest BCUT2D eigenvalue weighted by Crippen LogP contribution is 2.39. The molecule has 1 aromatic heterocycles. The second-order valence-electron chi connectivity index (χ2n) is 6.45. The van der Waals surface area contributed by atoms with Crippen LogP contribution in [0.2, 0.25) is 0 Å². The summed E-state index contributed by atoms with van der Waals surface area (Å²) < 4.78 is 44.9. The largest absolute Gasteiger partial charge is 0.490 e. The number of hydrogen-bond acceptors (Lipinski definition) is 3. The molecule has 5 nitrogen and oxygen atoms in total. The molecule has 0 spiro atoms. The molecule has 142 valence electrons. The summed E-state index contributed by atoms with van der Waals surface area (Å²) >= 11 is 0. The Balaban J connectivity index is 1.89. The fourth-order valence-corrected chi connectivity index (χ4v) is 2.71. The van der Waals surface area contributed by atoms with Gasteiger partial charge in [-0.2, -0.15) is 18.4 Å². The van der Waals surface area contributed by atoms with Gasteiger partial charge in [-0.15, -0.1) is 0 Å². The van der Waals surface area contributed by atoms with E-state index in [0.29, 0.717) is 16.7 Å². The van der Waals surface area contributed by atoms with Crippen LogP contribution in [-0.4, -0.2) is 16.7 Å². The normalized spacial score (nSPS) is 13.5. The van der Waals surface area contributed by atoms with Gasteiger partial charge in [0.15, 0.2) is 5.69 Å². The van der Waals surface area contributed by atoms with Crippen LogP contribution in [-0.2, 0) is 11.8 Å². The topological polar surface area (TPSA) is 73.4 Å². The third kappa shape index (κ3) is 3.78. The Bertz CT molecular complexity index is 1100. The molecule has 0 bridgehead atoms. The number of rotatable bonds is 4. The van der Waals surface area contributed by atoms with E-state index in [1.165, 1.54) is 13.0 Å². The van der Waals surface area contributed by atoms with Crippen LogP contribution in [0.3, 0.4) is 0 Å². The first-order valence-corrected chi connectivity index (χ1v) is 8.11. The number of aliphatic hydroxyl groups is 1. The molecule has 1 atom stereocenters. The number of nitrogens with zero attached hydrogens (tertiary/aromatic N) is 2. The van der Waals surface area contributed by atoms with Gasteiger partial charge in [-0.25, -0.2) is 4.85 Å². The number of nitriles is 1. The first-order chi connectivity index (χ1) is 13.1. The predicted molar refractivity (Wildman–Crippen MR) is 95.8 cm³/mol. The van der Waals surface area contributed by atoms with Crippen molar-refractivity contribution in [1.29, 1.82) is 5.26 Å². The van der Waals surface area contributed by atoms with Crippen molar-refractivity contribution >= 4 is 16.6 Å². The second-order valence-corrected chi connectivity index (χ2v) is 6.45. The van der Waals surface area contributed by atoms with Crippen molar-refractivity contribution < 1.29 is 23.0 Å². The zero-order valence-corrected chi connectivity index (χ0v) is 14.6. The highest BCUT2D eigenvalue weighted by atomic mass is 19.4. The molecule has 0 saturated heterocycles. The van der Waals surface area contributed by atoms with Crippen LogP contribution in [0, 0.1) is 17.9 Å². The number of ether oxygens (including phenoxy) is 1. The van der Waals surface area contributed by atoms with E-state index >= 15 is 0 Å². The summed E-state index contributed by atoms with van der Waals surface area (Å²) in [5, 5.41) is 19.9. The number of fused-ring (bicyclic) bond motifs is 1. The van der Waals surface area contributed by atoms with Crippen LogP contribution < -0.4 is 4.74 Å². The number of aromatic amines is 1. The molecule has 2 N–H and O–H groups in total. The van der Waals surface area contributed by atoms with Crippen LogP contribution >= 0.6 is 0 Å². The molecule has 0 amide bonds. The lowest BCUT2D eigenvalue weighted by Gasteiger charge is -2.22. The SMILES string of the molecule is [C-]#[N+]c1cc2cc(C(C)(O)COc3ccc(C#N)cc3)[nH]c2cc1C(F)(F)F. The third-order valence-corrected chi connectivity index (χ3v) is 4.25. The molecule has 2 aromatic carbocycles. The first kappa shape index (κ1) is 19.3. The molecule has 1 unspecified atom stereocenters. The number of benzene rings is 2. The Kier molecular flexibility index (Phi) is 4.76. The Hall–Kier alpha value is -3.49. The van der Waals surface area contributed by atoms with Crippen molar-refractivity contribution in [2.75, 3.05) is 6.61 Å². The van der Waals surface area contributed by atoms with Gasteiger partial charge in [0.2, 0.25) is 0 Å². The summed E-state index contributed by atoms with van der Waals surface area (Å²) in [6.45, 7) is 8.27. The molecule has 0 aliphatic heterocycles. The minimum atomic E-state index is -4.65. The van der Waals surface area contributed by atoms with Crippen molar-refractivity contribution in [3.8, 4) is 11.8 Å². The first-order valence-electron chi connectivity index (χ1n) is 8.11. The number of hydrogen-bond donors (Lipinski definition) is 2. The molecule has 3 aromatic rings.